The van der Waals surface area contributed by atoms with E-state index in [1.165, 1.54) is 11.3 Å². The molecule has 0 aliphatic carbocycles. The number of aryl methyl sites for hydroxylation is 1. The molecule has 29 heavy (non-hydrogen) atoms. The number of hydrogen-bond donors (Lipinski definition) is 0. The minimum absolute atomic E-state index is 0.148. The predicted molar refractivity (Wildman–Crippen MR) is 112 cm³/mol. The van der Waals surface area contributed by atoms with Crippen LogP contribution in [-0.4, -0.2) is 24.3 Å². The Morgan fingerprint density at radius 3 is 2.86 bits per heavy atom. The van der Waals surface area contributed by atoms with Crippen LogP contribution in [0.3, 0.4) is 0 Å². The van der Waals surface area contributed by atoms with E-state index in [1.807, 2.05) is 22.8 Å². The van der Waals surface area contributed by atoms with Gasteiger partial charge in [-0.1, -0.05) is 12.5 Å². The van der Waals surface area contributed by atoms with Crippen molar-refractivity contribution in [2.24, 2.45) is 0 Å². The van der Waals surface area contributed by atoms with Crippen molar-refractivity contribution in [2.75, 3.05) is 0 Å². The van der Waals surface area contributed by atoms with Crippen molar-refractivity contribution in [2.45, 2.75) is 38.8 Å². The molecule has 4 rings (SSSR count). The zero-order valence-electron chi connectivity index (χ0n) is 15.9. The fourth-order valence-corrected chi connectivity index (χ4v) is 4.58. The first kappa shape index (κ1) is 19.0. The maximum Gasteiger partial charge on any atom is 0.269 e. The van der Waals surface area contributed by atoms with Crippen LogP contribution in [-0.2, 0) is 19.5 Å². The monoisotopic (exact) mass is 404 g/mol. The van der Waals surface area contributed by atoms with Crippen molar-refractivity contribution < 1.29 is 0 Å². The second-order valence-electron chi connectivity index (χ2n) is 6.79. The van der Waals surface area contributed by atoms with Crippen LogP contribution in [0, 0.1) is 11.3 Å². The molecule has 0 N–H and O–H groups in total. The van der Waals surface area contributed by atoms with E-state index in [1.54, 1.807) is 23.0 Å². The lowest BCUT2D eigenvalue weighted by Crippen LogP contribution is -2.32. The molecule has 0 spiro atoms. The summed E-state index contributed by atoms with van der Waals surface area (Å²) in [7, 11) is 0. The first-order valence-corrected chi connectivity index (χ1v) is 10.3. The Labute approximate surface area is 171 Å². The van der Waals surface area contributed by atoms with Gasteiger partial charge in [0.15, 0.2) is 5.82 Å². The molecule has 0 aromatic carbocycles. The summed E-state index contributed by atoms with van der Waals surface area (Å²) in [6, 6.07) is 5.95. The van der Waals surface area contributed by atoms with Crippen molar-refractivity contribution in [1.82, 2.24) is 24.3 Å². The molecule has 0 radical (unpaired) electrons. The van der Waals surface area contributed by atoms with Gasteiger partial charge in [-0.3, -0.25) is 14.3 Å². The Morgan fingerprint density at radius 1 is 1.28 bits per heavy atom. The van der Waals surface area contributed by atoms with Gasteiger partial charge in [0.05, 0.1) is 4.53 Å². The average Bonchev–Trinajstić information content (AvgIpc) is 3.16. The van der Waals surface area contributed by atoms with Gasteiger partial charge in [0, 0.05) is 31.9 Å². The molecule has 0 amide bonds. The molecule has 1 aliphatic rings. The van der Waals surface area contributed by atoms with Gasteiger partial charge < -0.3 is 4.57 Å². The molecule has 0 atom stereocenters. The fraction of sp³-hybridized carbons (Fsp3) is 0.286. The van der Waals surface area contributed by atoms with Gasteiger partial charge in [-0.25, -0.2) is 0 Å². The topological polar surface area (TPSA) is 89.4 Å². The first-order valence-electron chi connectivity index (χ1n) is 9.52. The lowest BCUT2D eigenvalue weighted by molar-refractivity contribution is 0.626. The lowest BCUT2D eigenvalue weighted by Gasteiger charge is -2.06. The molecule has 1 aliphatic heterocycles. The Morgan fingerprint density at radius 2 is 2.10 bits per heavy atom. The van der Waals surface area contributed by atoms with E-state index in [0.717, 1.165) is 43.6 Å². The maximum absolute atomic E-state index is 13.0. The Balaban J connectivity index is 1.99. The minimum Gasteiger partial charge on any atom is -0.310 e. The highest BCUT2D eigenvalue weighted by Gasteiger charge is 2.20. The van der Waals surface area contributed by atoms with Gasteiger partial charge in [0.25, 0.3) is 5.56 Å². The zero-order valence-corrected chi connectivity index (χ0v) is 16.7. The van der Waals surface area contributed by atoms with E-state index >= 15 is 0 Å². The second-order valence-corrected chi connectivity index (χ2v) is 7.82. The summed E-state index contributed by atoms with van der Waals surface area (Å²) in [5, 5.41) is 18.6. The lowest BCUT2D eigenvalue weighted by atomic mass is 10.2. The molecule has 0 fully saturated rings. The highest BCUT2D eigenvalue weighted by atomic mass is 32.1. The molecule has 8 heteroatoms. The van der Waals surface area contributed by atoms with Crippen LogP contribution in [0.5, 0.6) is 0 Å². The van der Waals surface area contributed by atoms with Crippen molar-refractivity contribution in [1.29, 1.82) is 5.26 Å². The third-order valence-corrected chi connectivity index (χ3v) is 6.01. The number of nitriles is 1. The molecule has 3 aromatic rings. The van der Waals surface area contributed by atoms with Crippen LogP contribution in [0.15, 0.2) is 42.0 Å². The Hall–Kier alpha value is -3.31. The van der Waals surface area contributed by atoms with Crippen molar-refractivity contribution in [3.05, 3.63) is 73.9 Å². The molecule has 7 nitrogen and oxygen atoms in total. The van der Waals surface area contributed by atoms with Crippen LogP contribution in [0.4, 0.5) is 0 Å². The van der Waals surface area contributed by atoms with Gasteiger partial charge >= 0.3 is 0 Å². The molecule has 0 saturated carbocycles. The van der Waals surface area contributed by atoms with Gasteiger partial charge in [-0.15, -0.1) is 28.1 Å². The number of hydrogen-bond acceptors (Lipinski definition) is 6. The van der Waals surface area contributed by atoms with Crippen LogP contribution < -0.4 is 14.8 Å². The molecule has 0 unspecified atom stereocenters. The molecule has 146 valence electrons. The fourth-order valence-electron chi connectivity index (χ4n) is 3.47. The normalized spacial score (nSPS) is 15.3. The van der Waals surface area contributed by atoms with Gasteiger partial charge in [-0.05, 0) is 36.6 Å². The Kier molecular flexibility index (Phi) is 5.49. The second kappa shape index (κ2) is 8.37. The third kappa shape index (κ3) is 3.69. The number of rotatable bonds is 4. The molecule has 0 saturated heterocycles. The van der Waals surface area contributed by atoms with Crippen LogP contribution >= 0.6 is 11.3 Å². The summed E-state index contributed by atoms with van der Waals surface area (Å²) < 4.78 is 4.75. The average molecular weight is 404 g/mol. The van der Waals surface area contributed by atoms with E-state index in [-0.39, 0.29) is 5.56 Å². The SMILES string of the molecule is C=CCn1c(=O)/c(=C\c2ccncc2)s/c1=C(/C#N)c1nnc2n1CCCCC2. The van der Waals surface area contributed by atoms with E-state index in [9.17, 15) is 10.1 Å². The smallest absolute Gasteiger partial charge is 0.269 e. The first-order chi connectivity index (χ1) is 14.2. The molecular formula is C21H20N6OS. The van der Waals surface area contributed by atoms with Crippen LogP contribution in [0.1, 0.15) is 36.5 Å². The largest absolute Gasteiger partial charge is 0.310 e. The summed E-state index contributed by atoms with van der Waals surface area (Å²) in [5.74, 6) is 1.45. The summed E-state index contributed by atoms with van der Waals surface area (Å²) in [5.41, 5.74) is 1.11. The third-order valence-electron chi connectivity index (χ3n) is 4.88. The number of aromatic nitrogens is 5. The quantitative estimate of drug-likeness (QED) is 0.613. The van der Waals surface area contributed by atoms with E-state index in [4.69, 9.17) is 0 Å². The van der Waals surface area contributed by atoms with Crippen molar-refractivity contribution >= 4 is 23.0 Å². The molecule has 0 bridgehead atoms. The Bertz CT molecular complexity index is 1260. The summed E-state index contributed by atoms with van der Waals surface area (Å²) in [6.07, 6.45) is 10.9. The standard InChI is InChI=1S/C21H20N6OS/c1-2-11-27-20(28)17(13-15-7-9-23-10-8-15)29-21(27)16(14-22)19-25-24-18-6-4-3-5-12-26(18)19/h2,7-10,13H,1,3-6,11-12H2/b17-13+,21-16-. The number of fused-ring (bicyclic) bond motifs is 1. The van der Waals surface area contributed by atoms with Gasteiger partial charge in [0.1, 0.15) is 22.1 Å². The van der Waals surface area contributed by atoms with Crippen molar-refractivity contribution in [3.63, 3.8) is 0 Å². The molecule has 4 heterocycles. The summed E-state index contributed by atoms with van der Waals surface area (Å²) in [6.45, 7) is 4.87. The molecule has 3 aromatic heterocycles. The van der Waals surface area contributed by atoms with E-state index in [2.05, 4.69) is 27.8 Å². The number of pyridine rings is 1. The van der Waals surface area contributed by atoms with Crippen molar-refractivity contribution in [3.8, 4) is 6.07 Å². The number of allylic oxidation sites excluding steroid dienone is 1. The van der Waals surface area contributed by atoms with Gasteiger partial charge in [0.2, 0.25) is 0 Å². The van der Waals surface area contributed by atoms with Crippen LogP contribution in [0.25, 0.3) is 11.6 Å². The highest BCUT2D eigenvalue weighted by molar-refractivity contribution is 7.07. The van der Waals surface area contributed by atoms with E-state index < -0.39 is 0 Å². The number of nitrogens with zero attached hydrogens (tertiary/aromatic N) is 6. The number of thiazole rings is 1. The van der Waals surface area contributed by atoms with E-state index in [0.29, 0.717) is 27.1 Å². The molecular weight excluding hydrogens is 384 g/mol. The maximum atomic E-state index is 13.0. The summed E-state index contributed by atoms with van der Waals surface area (Å²) >= 11 is 1.29. The summed E-state index contributed by atoms with van der Waals surface area (Å²) in [4.78, 5) is 17.0. The van der Waals surface area contributed by atoms with Crippen LogP contribution in [0.2, 0.25) is 0 Å². The minimum atomic E-state index is -0.148. The highest BCUT2D eigenvalue weighted by Crippen LogP contribution is 2.18. The zero-order chi connectivity index (χ0) is 20.2. The van der Waals surface area contributed by atoms with Gasteiger partial charge in [-0.2, -0.15) is 5.26 Å². The predicted octanol–water partition coefficient (Wildman–Crippen LogP) is 1.36.